The number of carboxylic acids is 1. The first-order chi connectivity index (χ1) is 17.6. The molecule has 1 atom stereocenters. The van der Waals surface area contributed by atoms with E-state index in [2.05, 4.69) is 10.3 Å². The largest absolute Gasteiger partial charge is 0.493 e. The Morgan fingerprint density at radius 3 is 2.42 bits per heavy atom. The van der Waals surface area contributed by atoms with Crippen LogP contribution in [0.25, 0.3) is 11.5 Å². The molecule has 4 aromatic rings. The highest BCUT2D eigenvalue weighted by molar-refractivity contribution is 5.80. The molecule has 0 aliphatic carbocycles. The third-order valence-corrected chi connectivity index (χ3v) is 5.34. The molecule has 3 aromatic carbocycles. The van der Waals surface area contributed by atoms with Crippen LogP contribution in [0.5, 0.6) is 5.75 Å². The first kappa shape index (κ1) is 24.5. The van der Waals surface area contributed by atoms with E-state index in [9.17, 15) is 14.7 Å². The fourth-order valence-corrected chi connectivity index (χ4v) is 3.51. The van der Waals surface area contributed by atoms with E-state index in [0.717, 1.165) is 16.8 Å². The van der Waals surface area contributed by atoms with Crippen molar-refractivity contribution in [3.63, 3.8) is 0 Å². The number of aromatic nitrogens is 1. The molecule has 0 radical (unpaired) electrons. The number of carbonyl (C=O) groups excluding carboxylic acids is 1. The number of rotatable bonds is 11. The maximum atomic E-state index is 12.1. The molecular formula is C28H26N2O6. The van der Waals surface area contributed by atoms with Crippen molar-refractivity contribution in [2.24, 2.45) is 0 Å². The van der Waals surface area contributed by atoms with Crippen molar-refractivity contribution in [2.45, 2.75) is 25.5 Å². The number of nitrogens with one attached hydrogen (secondary N) is 1. The first-order valence-corrected chi connectivity index (χ1v) is 11.5. The Bertz CT molecular complexity index is 1270. The van der Waals surface area contributed by atoms with Crippen LogP contribution in [0.1, 0.15) is 16.8 Å². The van der Waals surface area contributed by atoms with E-state index < -0.39 is 18.1 Å². The van der Waals surface area contributed by atoms with Crippen LogP contribution >= 0.6 is 0 Å². The van der Waals surface area contributed by atoms with Crippen molar-refractivity contribution >= 4 is 12.1 Å². The van der Waals surface area contributed by atoms with Gasteiger partial charge in [0.05, 0.1) is 12.3 Å². The molecule has 0 bridgehead atoms. The van der Waals surface area contributed by atoms with Crippen LogP contribution in [0.15, 0.2) is 95.6 Å². The van der Waals surface area contributed by atoms with E-state index in [1.807, 2.05) is 60.7 Å². The van der Waals surface area contributed by atoms with Crippen molar-refractivity contribution in [3.8, 4) is 17.2 Å². The van der Waals surface area contributed by atoms with Gasteiger partial charge in [0.1, 0.15) is 24.7 Å². The number of benzene rings is 3. The number of alkyl carbamates (subject to hydrolysis) is 1. The van der Waals surface area contributed by atoms with Crippen molar-refractivity contribution < 1.29 is 28.6 Å². The molecule has 184 valence electrons. The van der Waals surface area contributed by atoms with Crippen LogP contribution in [-0.4, -0.2) is 34.8 Å². The van der Waals surface area contributed by atoms with E-state index in [0.29, 0.717) is 30.2 Å². The van der Waals surface area contributed by atoms with E-state index in [1.54, 1.807) is 30.5 Å². The van der Waals surface area contributed by atoms with Gasteiger partial charge in [0.15, 0.2) is 0 Å². The molecule has 8 nitrogen and oxygen atoms in total. The molecule has 0 saturated carbocycles. The van der Waals surface area contributed by atoms with E-state index in [1.165, 1.54) is 0 Å². The van der Waals surface area contributed by atoms with Gasteiger partial charge in [-0.05, 0) is 35.4 Å². The smallest absolute Gasteiger partial charge is 0.408 e. The molecule has 0 fully saturated rings. The highest BCUT2D eigenvalue weighted by Gasteiger charge is 2.21. The fraction of sp³-hybridized carbons (Fsp3) is 0.179. The third-order valence-electron chi connectivity index (χ3n) is 5.34. The first-order valence-electron chi connectivity index (χ1n) is 11.5. The molecule has 0 aliphatic heterocycles. The summed E-state index contributed by atoms with van der Waals surface area (Å²) >= 11 is 0. The van der Waals surface area contributed by atoms with E-state index in [4.69, 9.17) is 13.9 Å². The highest BCUT2D eigenvalue weighted by atomic mass is 16.5. The summed E-state index contributed by atoms with van der Waals surface area (Å²) in [6, 6.07) is 24.8. The Labute approximate surface area is 208 Å². The average Bonchev–Trinajstić information content (AvgIpc) is 3.37. The summed E-state index contributed by atoms with van der Waals surface area (Å²) in [5, 5.41) is 12.0. The summed E-state index contributed by atoms with van der Waals surface area (Å²) in [7, 11) is 0. The molecule has 1 aromatic heterocycles. The van der Waals surface area contributed by atoms with Gasteiger partial charge in [-0.25, -0.2) is 14.6 Å². The monoisotopic (exact) mass is 486 g/mol. The predicted molar refractivity (Wildman–Crippen MR) is 132 cm³/mol. The number of amides is 1. The lowest BCUT2D eigenvalue weighted by molar-refractivity contribution is -0.139. The molecular weight excluding hydrogens is 460 g/mol. The van der Waals surface area contributed by atoms with Gasteiger partial charge in [-0.1, -0.05) is 60.7 Å². The van der Waals surface area contributed by atoms with Crippen LogP contribution in [0, 0.1) is 0 Å². The van der Waals surface area contributed by atoms with Crippen LogP contribution in [0.4, 0.5) is 4.79 Å². The molecule has 1 amide bonds. The summed E-state index contributed by atoms with van der Waals surface area (Å²) in [6.07, 6.45) is 1.45. The molecule has 2 N–H and O–H groups in total. The van der Waals surface area contributed by atoms with Gasteiger partial charge < -0.3 is 24.3 Å². The molecule has 1 heterocycles. The number of hydrogen-bond acceptors (Lipinski definition) is 6. The Morgan fingerprint density at radius 1 is 0.944 bits per heavy atom. The number of hydrogen-bond donors (Lipinski definition) is 2. The third kappa shape index (κ3) is 7.20. The normalized spacial score (nSPS) is 11.4. The second-order valence-electron chi connectivity index (χ2n) is 8.06. The number of ether oxygens (including phenoxy) is 2. The van der Waals surface area contributed by atoms with Crippen molar-refractivity contribution in [1.82, 2.24) is 10.3 Å². The minimum Gasteiger partial charge on any atom is -0.493 e. The van der Waals surface area contributed by atoms with Gasteiger partial charge in [-0.3, -0.25) is 0 Å². The lowest BCUT2D eigenvalue weighted by Crippen LogP contribution is -2.42. The number of carbonyl (C=O) groups is 2. The minimum absolute atomic E-state index is 0.0562. The quantitative estimate of drug-likeness (QED) is 0.311. The minimum atomic E-state index is -1.15. The zero-order chi connectivity index (χ0) is 25.2. The van der Waals surface area contributed by atoms with Crippen LogP contribution < -0.4 is 10.1 Å². The summed E-state index contributed by atoms with van der Waals surface area (Å²) in [4.78, 5) is 28.3. The molecule has 0 spiro atoms. The second-order valence-corrected chi connectivity index (χ2v) is 8.06. The predicted octanol–water partition coefficient (Wildman–Crippen LogP) is 4.89. The summed E-state index contributed by atoms with van der Waals surface area (Å²) in [6.45, 7) is 0.428. The highest BCUT2D eigenvalue weighted by Crippen LogP contribution is 2.19. The fourth-order valence-electron chi connectivity index (χ4n) is 3.51. The lowest BCUT2D eigenvalue weighted by atomic mass is 10.1. The molecule has 8 heteroatoms. The molecule has 0 aliphatic rings. The standard InChI is InChI=1S/C28H26N2O6/c31-27(32)25(30-28(33)36-18-20-8-3-1-4-9-20)17-21-10-7-13-24(16-21)34-15-14-23-19-35-26(29-23)22-11-5-2-6-12-22/h1-13,16,19,25H,14-15,17-18H2,(H,30,33)(H,31,32). The SMILES string of the molecule is O=C(NC(Cc1cccc(OCCc2coc(-c3ccccc3)n2)c1)C(=O)O)OCc1ccccc1. The van der Waals surface area contributed by atoms with Crippen molar-refractivity contribution in [1.29, 1.82) is 0 Å². The van der Waals surface area contributed by atoms with Crippen LogP contribution in [0.2, 0.25) is 0 Å². The molecule has 0 saturated heterocycles. The molecule has 36 heavy (non-hydrogen) atoms. The number of nitrogens with zero attached hydrogens (tertiary/aromatic N) is 1. The zero-order valence-corrected chi connectivity index (χ0v) is 19.5. The second kappa shape index (κ2) is 12.2. The van der Waals surface area contributed by atoms with E-state index >= 15 is 0 Å². The Kier molecular flexibility index (Phi) is 8.32. The van der Waals surface area contributed by atoms with Gasteiger partial charge in [0.2, 0.25) is 5.89 Å². The number of aliphatic carboxylic acids is 1. The Morgan fingerprint density at radius 2 is 1.67 bits per heavy atom. The Balaban J connectivity index is 1.27. The van der Waals surface area contributed by atoms with Crippen molar-refractivity contribution in [3.05, 3.63) is 108 Å². The van der Waals surface area contributed by atoms with Gasteiger partial charge in [0, 0.05) is 18.4 Å². The van der Waals surface area contributed by atoms with E-state index in [-0.39, 0.29) is 13.0 Å². The average molecular weight is 487 g/mol. The number of oxazole rings is 1. The summed E-state index contributed by atoms with van der Waals surface area (Å²) < 4.78 is 16.5. The Hall–Kier alpha value is -4.59. The van der Waals surface area contributed by atoms with Crippen LogP contribution in [0.3, 0.4) is 0 Å². The van der Waals surface area contributed by atoms with Gasteiger partial charge in [-0.15, -0.1) is 0 Å². The molecule has 4 rings (SSSR count). The summed E-state index contributed by atoms with van der Waals surface area (Å²) in [5.74, 6) is -0.00425. The van der Waals surface area contributed by atoms with Crippen LogP contribution in [-0.2, 0) is 29.0 Å². The maximum Gasteiger partial charge on any atom is 0.408 e. The lowest BCUT2D eigenvalue weighted by Gasteiger charge is -2.15. The van der Waals surface area contributed by atoms with Gasteiger partial charge >= 0.3 is 12.1 Å². The maximum absolute atomic E-state index is 12.1. The van der Waals surface area contributed by atoms with Gasteiger partial charge in [-0.2, -0.15) is 0 Å². The van der Waals surface area contributed by atoms with Gasteiger partial charge in [0.25, 0.3) is 0 Å². The zero-order valence-electron chi connectivity index (χ0n) is 19.5. The summed E-state index contributed by atoms with van der Waals surface area (Å²) in [5.41, 5.74) is 3.19. The molecule has 1 unspecified atom stereocenters. The van der Waals surface area contributed by atoms with Crippen molar-refractivity contribution in [2.75, 3.05) is 6.61 Å². The topological polar surface area (TPSA) is 111 Å². The number of carboxylic acid groups (broad SMARTS) is 1.